The zero-order valence-electron chi connectivity index (χ0n) is 15.4. The van der Waals surface area contributed by atoms with E-state index in [4.69, 9.17) is 0 Å². The molecule has 10 heteroatoms. The van der Waals surface area contributed by atoms with Gasteiger partial charge in [0, 0.05) is 24.5 Å². The second kappa shape index (κ2) is 7.12. The first-order chi connectivity index (χ1) is 14.1. The molecule has 1 aliphatic heterocycles. The molecule has 0 bridgehead atoms. The summed E-state index contributed by atoms with van der Waals surface area (Å²) in [6.07, 6.45) is 1.69. The van der Waals surface area contributed by atoms with E-state index < -0.39 is 9.84 Å². The van der Waals surface area contributed by atoms with Crippen LogP contribution in [0.1, 0.15) is 0 Å². The van der Waals surface area contributed by atoms with Crippen molar-refractivity contribution in [3.63, 3.8) is 0 Å². The van der Waals surface area contributed by atoms with Crippen LogP contribution in [0.15, 0.2) is 48.0 Å². The van der Waals surface area contributed by atoms with Crippen LogP contribution in [-0.2, 0) is 9.84 Å². The first kappa shape index (κ1) is 18.1. The number of sulfone groups is 1. The summed E-state index contributed by atoms with van der Waals surface area (Å²) in [6.45, 7) is 1.06. The highest BCUT2D eigenvalue weighted by atomic mass is 32.2. The Morgan fingerprint density at radius 3 is 2.59 bits per heavy atom. The molecule has 0 saturated carbocycles. The molecule has 5 rings (SSSR count). The van der Waals surface area contributed by atoms with Crippen LogP contribution >= 0.6 is 11.3 Å². The molecule has 1 aromatic carbocycles. The van der Waals surface area contributed by atoms with E-state index in [0.717, 1.165) is 27.3 Å². The molecule has 29 heavy (non-hydrogen) atoms. The minimum atomic E-state index is -2.89. The maximum atomic E-state index is 11.6. The monoisotopic (exact) mass is 426 g/mol. The van der Waals surface area contributed by atoms with E-state index in [0.29, 0.717) is 24.7 Å². The van der Waals surface area contributed by atoms with Crippen LogP contribution in [0, 0.1) is 0 Å². The van der Waals surface area contributed by atoms with E-state index in [2.05, 4.69) is 30.4 Å². The number of aromatic nitrogens is 4. The molecule has 4 heterocycles. The Kier molecular flexibility index (Phi) is 4.44. The molecule has 0 unspecified atom stereocenters. The fraction of sp³-hybridized carbons (Fsp3) is 0.211. The van der Waals surface area contributed by atoms with Gasteiger partial charge in [-0.15, -0.1) is 11.3 Å². The number of anilines is 3. The third-order valence-corrected chi connectivity index (χ3v) is 7.36. The molecule has 2 N–H and O–H groups in total. The van der Waals surface area contributed by atoms with Crippen molar-refractivity contribution >= 4 is 49.4 Å². The lowest BCUT2D eigenvalue weighted by atomic mass is 10.2. The first-order valence-electron chi connectivity index (χ1n) is 9.15. The van der Waals surface area contributed by atoms with E-state index in [1.807, 2.05) is 41.8 Å². The van der Waals surface area contributed by atoms with Crippen LogP contribution in [0.3, 0.4) is 0 Å². The van der Waals surface area contributed by atoms with Gasteiger partial charge in [-0.3, -0.25) is 5.10 Å². The molecule has 0 spiro atoms. The van der Waals surface area contributed by atoms with Gasteiger partial charge in [0.1, 0.15) is 11.0 Å². The molecule has 0 atom stereocenters. The molecule has 8 nitrogen and oxygen atoms in total. The molecule has 148 valence electrons. The van der Waals surface area contributed by atoms with Gasteiger partial charge in [0.2, 0.25) is 0 Å². The fourth-order valence-corrected chi connectivity index (χ4v) is 5.17. The molecule has 0 aliphatic carbocycles. The average Bonchev–Trinajstić information content (AvgIpc) is 3.41. The summed E-state index contributed by atoms with van der Waals surface area (Å²) in [5.41, 5.74) is 3.39. The Balaban J connectivity index is 1.40. The number of H-pyrrole nitrogens is 1. The highest BCUT2D eigenvalue weighted by molar-refractivity contribution is 7.91. The number of aromatic amines is 1. The Labute approximate surface area is 171 Å². The standard InChI is InChI=1S/C19H18N6O2S2/c26-29(27)10-7-25(8-11-29)14-5-3-13(4-6-14)21-19-17-15(12-20-24-17)22-18(23-19)16-2-1-9-28-16/h1-6,9,12H,7-8,10-11H2,(H,20,24)(H,21,22,23). The molecule has 0 radical (unpaired) electrons. The predicted octanol–water partition coefficient (Wildman–Crippen LogP) is 3.06. The van der Waals surface area contributed by atoms with Gasteiger partial charge < -0.3 is 10.2 Å². The van der Waals surface area contributed by atoms with E-state index in [9.17, 15) is 8.42 Å². The molecule has 1 fully saturated rings. The quantitative estimate of drug-likeness (QED) is 0.517. The molecule has 0 amide bonds. The maximum absolute atomic E-state index is 11.6. The minimum Gasteiger partial charge on any atom is -0.369 e. The third-order valence-electron chi connectivity index (χ3n) is 4.88. The van der Waals surface area contributed by atoms with Crippen LogP contribution in [0.4, 0.5) is 17.2 Å². The number of nitrogens with zero attached hydrogens (tertiary/aromatic N) is 4. The van der Waals surface area contributed by atoms with Gasteiger partial charge in [-0.1, -0.05) is 6.07 Å². The van der Waals surface area contributed by atoms with Crippen molar-refractivity contribution < 1.29 is 8.42 Å². The number of rotatable bonds is 4. The van der Waals surface area contributed by atoms with E-state index in [1.165, 1.54) is 0 Å². The number of hydrogen-bond acceptors (Lipinski definition) is 8. The summed E-state index contributed by atoms with van der Waals surface area (Å²) < 4.78 is 23.3. The summed E-state index contributed by atoms with van der Waals surface area (Å²) in [5.74, 6) is 1.73. The van der Waals surface area contributed by atoms with Crippen LogP contribution in [0.5, 0.6) is 0 Å². The van der Waals surface area contributed by atoms with Crippen LogP contribution < -0.4 is 10.2 Å². The van der Waals surface area contributed by atoms with Crippen molar-refractivity contribution in [3.8, 4) is 10.7 Å². The first-order valence-corrected chi connectivity index (χ1v) is 11.8. The Hall–Kier alpha value is -2.98. The molecular formula is C19H18N6O2S2. The number of fused-ring (bicyclic) bond motifs is 1. The molecule has 1 saturated heterocycles. The van der Waals surface area contributed by atoms with Crippen molar-refractivity contribution in [2.45, 2.75) is 0 Å². The second-order valence-electron chi connectivity index (χ2n) is 6.81. The number of hydrogen-bond donors (Lipinski definition) is 2. The SMILES string of the molecule is O=S1(=O)CCN(c2ccc(Nc3nc(-c4cccs4)nc4cn[nH]c34)cc2)CC1. The summed E-state index contributed by atoms with van der Waals surface area (Å²) >= 11 is 1.59. The highest BCUT2D eigenvalue weighted by Crippen LogP contribution is 2.29. The number of benzene rings is 1. The lowest BCUT2D eigenvalue weighted by Gasteiger charge is -2.28. The Morgan fingerprint density at radius 1 is 1.07 bits per heavy atom. The minimum absolute atomic E-state index is 0.206. The van der Waals surface area contributed by atoms with Gasteiger partial charge in [-0.25, -0.2) is 18.4 Å². The zero-order chi connectivity index (χ0) is 19.8. The van der Waals surface area contributed by atoms with Crippen molar-refractivity contribution in [2.75, 3.05) is 34.8 Å². The van der Waals surface area contributed by atoms with Crippen molar-refractivity contribution in [1.82, 2.24) is 20.2 Å². The van der Waals surface area contributed by atoms with Gasteiger partial charge in [-0.05, 0) is 35.7 Å². The second-order valence-corrected chi connectivity index (χ2v) is 10.1. The van der Waals surface area contributed by atoms with Crippen molar-refractivity contribution in [1.29, 1.82) is 0 Å². The average molecular weight is 427 g/mol. The van der Waals surface area contributed by atoms with Crippen LogP contribution in [-0.4, -0.2) is 53.2 Å². The van der Waals surface area contributed by atoms with E-state index in [1.54, 1.807) is 17.5 Å². The summed E-state index contributed by atoms with van der Waals surface area (Å²) in [5, 5.41) is 12.4. The van der Waals surface area contributed by atoms with Crippen LogP contribution in [0.2, 0.25) is 0 Å². The summed E-state index contributed by atoms with van der Waals surface area (Å²) in [4.78, 5) is 12.3. The van der Waals surface area contributed by atoms with Gasteiger partial charge in [0.05, 0.1) is 22.6 Å². The smallest absolute Gasteiger partial charge is 0.172 e. The predicted molar refractivity (Wildman–Crippen MR) is 116 cm³/mol. The normalized spacial score (nSPS) is 16.2. The van der Waals surface area contributed by atoms with Gasteiger partial charge >= 0.3 is 0 Å². The maximum Gasteiger partial charge on any atom is 0.172 e. The summed E-state index contributed by atoms with van der Waals surface area (Å²) in [6, 6.07) is 11.9. The van der Waals surface area contributed by atoms with Gasteiger partial charge in [-0.2, -0.15) is 5.10 Å². The topological polar surface area (TPSA) is 104 Å². The van der Waals surface area contributed by atoms with Gasteiger partial charge in [0.25, 0.3) is 0 Å². The Bertz CT molecular complexity index is 1240. The van der Waals surface area contributed by atoms with E-state index in [-0.39, 0.29) is 11.5 Å². The zero-order valence-corrected chi connectivity index (χ0v) is 17.0. The number of nitrogens with one attached hydrogen (secondary N) is 2. The highest BCUT2D eigenvalue weighted by Gasteiger charge is 2.21. The van der Waals surface area contributed by atoms with Crippen molar-refractivity contribution in [2.24, 2.45) is 0 Å². The van der Waals surface area contributed by atoms with E-state index >= 15 is 0 Å². The van der Waals surface area contributed by atoms with Gasteiger partial charge in [0.15, 0.2) is 21.5 Å². The lowest BCUT2D eigenvalue weighted by Crippen LogP contribution is -2.40. The molecular weight excluding hydrogens is 408 g/mol. The molecule has 4 aromatic rings. The fourth-order valence-electron chi connectivity index (χ4n) is 3.31. The summed E-state index contributed by atoms with van der Waals surface area (Å²) in [7, 11) is -2.89. The molecule has 1 aliphatic rings. The third kappa shape index (κ3) is 3.68. The van der Waals surface area contributed by atoms with Crippen molar-refractivity contribution in [3.05, 3.63) is 48.0 Å². The Morgan fingerprint density at radius 2 is 1.86 bits per heavy atom. The molecule has 3 aromatic heterocycles. The number of thiophene rings is 1. The lowest BCUT2D eigenvalue weighted by molar-refractivity contribution is 0.587. The largest absolute Gasteiger partial charge is 0.369 e. The van der Waals surface area contributed by atoms with Crippen LogP contribution in [0.25, 0.3) is 21.7 Å².